The van der Waals surface area contributed by atoms with E-state index in [9.17, 15) is 0 Å². The monoisotopic (exact) mass is 764 g/mol. The average Bonchev–Trinajstić information content (AvgIpc) is 3.53. The van der Waals surface area contributed by atoms with Crippen LogP contribution in [0, 0.1) is 5.41 Å². The van der Waals surface area contributed by atoms with Crippen molar-refractivity contribution in [2.75, 3.05) is 0 Å². The standard InChI is InChI=1S/C16H22.C10H15.C5H5.2CH3.4ClH.2Zr/c1-9-7-15(13(5)11(9)3)16-8-10(2)12(4)14(16)6;1-7-6-10(4,5)9(3)8(7)2;1-2-4-5-3-1;;;;;;;;/h7-8H2,1-6H3;1-5H3;1-3H,4H2;2*1H3;4*1H;;/q;;;;;;;;;2*+2/p-4. The first-order valence-electron chi connectivity index (χ1n) is 13.5. The predicted octanol–water partition coefficient (Wildman–Crippen LogP) is 6.21. The fraction of sp³-hybridized carbons (Fsp3) is 0.515. The molecule has 0 amide bonds. The van der Waals surface area contributed by atoms with Crippen LogP contribution in [0.2, 0.25) is 9.26 Å². The first kappa shape index (κ1) is 39.8. The molecule has 0 aromatic carbocycles. The van der Waals surface area contributed by atoms with Gasteiger partial charge in [0.05, 0.1) is 0 Å². The van der Waals surface area contributed by atoms with Crippen molar-refractivity contribution in [1.29, 1.82) is 0 Å². The minimum atomic E-state index is -3.26. The zero-order valence-corrected chi connectivity index (χ0v) is 34.3. The van der Waals surface area contributed by atoms with Crippen molar-refractivity contribution in [3.05, 3.63) is 86.1 Å². The summed E-state index contributed by atoms with van der Waals surface area (Å²) < 4.78 is 6.93. The Balaban J connectivity index is 0.000000561. The van der Waals surface area contributed by atoms with Gasteiger partial charge in [-0.25, -0.2) is 0 Å². The van der Waals surface area contributed by atoms with Crippen molar-refractivity contribution in [3.8, 4) is 0 Å². The van der Waals surface area contributed by atoms with Gasteiger partial charge in [-0.05, 0) is 87.8 Å². The average molecular weight is 769 g/mol. The van der Waals surface area contributed by atoms with Crippen LogP contribution in [-0.2, 0) is 41.1 Å². The van der Waals surface area contributed by atoms with Gasteiger partial charge >= 0.3 is 155 Å². The Labute approximate surface area is 276 Å². The maximum atomic E-state index is 6.26. The maximum absolute atomic E-state index is 6.26. The molecule has 0 bridgehead atoms. The van der Waals surface area contributed by atoms with E-state index < -0.39 is 16.4 Å². The largest absolute Gasteiger partial charge is 1.00 e. The van der Waals surface area contributed by atoms with Crippen molar-refractivity contribution < 1.29 is 65.9 Å². The second-order valence-corrected chi connectivity index (χ2v) is 39.9. The molecule has 6 heteroatoms. The minimum absolute atomic E-state index is 0. The Bertz CT molecular complexity index is 1170. The van der Waals surface area contributed by atoms with Gasteiger partial charge in [-0.15, -0.1) is 0 Å². The van der Waals surface area contributed by atoms with Crippen molar-refractivity contribution in [3.63, 3.8) is 0 Å². The molecular formula is C33H48Cl4Zr2. The number of allylic oxidation sites excluding steroid dienone is 16. The Morgan fingerprint density at radius 3 is 1.26 bits per heavy atom. The molecule has 0 unspecified atom stereocenters. The van der Waals surface area contributed by atoms with Gasteiger partial charge in [0.25, 0.3) is 0 Å². The number of halogens is 4. The number of rotatable bonds is 2. The van der Waals surface area contributed by atoms with Crippen LogP contribution in [0.4, 0.5) is 0 Å². The molecule has 0 saturated heterocycles. The number of hydrogen-bond donors (Lipinski definition) is 0. The van der Waals surface area contributed by atoms with Crippen molar-refractivity contribution >= 4 is 17.0 Å². The van der Waals surface area contributed by atoms with Crippen molar-refractivity contribution in [2.24, 2.45) is 5.41 Å². The van der Waals surface area contributed by atoms with Crippen molar-refractivity contribution in [1.82, 2.24) is 0 Å². The third-order valence-electron chi connectivity index (χ3n) is 9.28. The summed E-state index contributed by atoms with van der Waals surface area (Å²) in [5.74, 6) is 0. The molecule has 0 fully saturated rings. The smallest absolute Gasteiger partial charge is 1.00 e. The summed E-state index contributed by atoms with van der Waals surface area (Å²) in [6.45, 7) is 25.0. The SMILES string of the molecule is CC1=C(C)C(C)(C)[C]([Zr+2])=C1C.CC1=C(C)C(C)=C(C2=C(C)C(C)=C(C)C2)C1.[CH3][Zr]([CH3])([Cl])([Cl])[C]1=CC=CC1.[Cl-].[Cl-]. The fourth-order valence-electron chi connectivity index (χ4n) is 5.37. The van der Waals surface area contributed by atoms with Crippen molar-refractivity contribution in [2.45, 2.75) is 105 Å². The second kappa shape index (κ2) is 14.5. The van der Waals surface area contributed by atoms with Gasteiger partial charge in [0.2, 0.25) is 0 Å². The molecular weight excluding hydrogens is 721 g/mol. The topological polar surface area (TPSA) is 0 Å². The van der Waals surface area contributed by atoms with Gasteiger partial charge in [-0.2, -0.15) is 0 Å². The van der Waals surface area contributed by atoms with Gasteiger partial charge in [0.15, 0.2) is 0 Å². The molecule has 0 radical (unpaired) electrons. The summed E-state index contributed by atoms with van der Waals surface area (Å²) in [4.78, 5) is 0. The first-order chi connectivity index (χ1) is 16.7. The summed E-state index contributed by atoms with van der Waals surface area (Å²) in [5.41, 5.74) is 17.3. The molecule has 4 rings (SSSR count). The molecule has 4 aliphatic rings. The summed E-state index contributed by atoms with van der Waals surface area (Å²) >= 11 is -1.69. The van der Waals surface area contributed by atoms with E-state index in [-0.39, 0.29) is 24.8 Å². The van der Waals surface area contributed by atoms with Crippen LogP contribution in [0.25, 0.3) is 0 Å². The Morgan fingerprint density at radius 2 is 1.10 bits per heavy atom. The molecule has 4 aliphatic carbocycles. The summed E-state index contributed by atoms with van der Waals surface area (Å²) in [7, 11) is 12.5. The van der Waals surface area contributed by atoms with E-state index in [1.807, 2.05) is 15.3 Å². The summed E-state index contributed by atoms with van der Waals surface area (Å²) in [6, 6.07) is 0. The van der Waals surface area contributed by atoms with E-state index in [0.717, 1.165) is 6.42 Å². The van der Waals surface area contributed by atoms with E-state index in [1.165, 1.54) is 49.6 Å². The maximum Gasteiger partial charge on any atom is -1.00 e. The second-order valence-electron chi connectivity index (χ2n) is 12.6. The minimum Gasteiger partial charge on any atom is -1.00 e. The van der Waals surface area contributed by atoms with Crippen LogP contribution in [0.3, 0.4) is 0 Å². The molecule has 0 aliphatic heterocycles. The van der Waals surface area contributed by atoms with Gasteiger partial charge in [-0.1, -0.05) is 11.1 Å². The van der Waals surface area contributed by atoms with E-state index in [2.05, 4.69) is 88.3 Å². The van der Waals surface area contributed by atoms with Crippen LogP contribution in [0.15, 0.2) is 86.1 Å². The molecule has 0 aromatic heterocycles. The predicted molar refractivity (Wildman–Crippen MR) is 162 cm³/mol. The van der Waals surface area contributed by atoms with E-state index in [4.69, 9.17) is 17.0 Å². The van der Waals surface area contributed by atoms with E-state index in [1.54, 1.807) is 55.9 Å². The number of hydrogen-bond acceptors (Lipinski definition) is 0. The zero-order valence-electron chi connectivity index (χ0n) is 26.4. The van der Waals surface area contributed by atoms with Crippen LogP contribution in [0.1, 0.15) is 95.4 Å². The molecule has 0 saturated carbocycles. The van der Waals surface area contributed by atoms with Crippen LogP contribution in [0.5, 0.6) is 0 Å². The zero-order chi connectivity index (χ0) is 28.7. The van der Waals surface area contributed by atoms with Crippen LogP contribution in [-0.4, -0.2) is 0 Å². The molecule has 0 aromatic rings. The Hall–Kier alpha value is 0.846. The molecule has 0 atom stereocenters. The molecule has 216 valence electrons. The summed E-state index contributed by atoms with van der Waals surface area (Å²) in [6.07, 6.45) is 9.49. The van der Waals surface area contributed by atoms with Gasteiger partial charge in [-0.3, -0.25) is 0 Å². The molecule has 0 heterocycles. The van der Waals surface area contributed by atoms with Gasteiger partial charge in [0.1, 0.15) is 0 Å². The van der Waals surface area contributed by atoms with Crippen LogP contribution < -0.4 is 24.8 Å². The quantitative estimate of drug-likeness (QED) is 0.314. The Kier molecular flexibility index (Phi) is 14.9. The molecule has 0 spiro atoms. The third kappa shape index (κ3) is 9.17. The van der Waals surface area contributed by atoms with E-state index >= 15 is 0 Å². The van der Waals surface area contributed by atoms with Crippen LogP contribution >= 0.6 is 17.0 Å². The van der Waals surface area contributed by atoms with Gasteiger partial charge < -0.3 is 24.8 Å². The van der Waals surface area contributed by atoms with Gasteiger partial charge in [0, 0.05) is 0 Å². The Morgan fingerprint density at radius 1 is 0.692 bits per heavy atom. The third-order valence-corrected chi connectivity index (χ3v) is 19.9. The normalized spacial score (nSPS) is 21.4. The molecule has 39 heavy (non-hydrogen) atoms. The fourth-order valence-corrected chi connectivity index (χ4v) is 11.0. The first-order valence-corrected chi connectivity index (χ1v) is 27.2. The summed E-state index contributed by atoms with van der Waals surface area (Å²) in [5, 5.41) is 0. The van der Waals surface area contributed by atoms with E-state index in [0.29, 0.717) is 5.41 Å². The molecule has 0 nitrogen and oxygen atoms in total. The molecule has 0 N–H and O–H groups in total.